The minimum absolute atomic E-state index is 0.0472. The molecule has 3 rings (SSSR count). The Hall–Kier alpha value is -3.09. The maximum atomic E-state index is 13.1. The number of benzene rings is 2. The highest BCUT2D eigenvalue weighted by atomic mass is 19.4. The van der Waals surface area contributed by atoms with Crippen LogP contribution in [0.1, 0.15) is 16.8 Å². The summed E-state index contributed by atoms with van der Waals surface area (Å²) in [4.78, 5) is 17.9. The van der Waals surface area contributed by atoms with Crippen LogP contribution >= 0.6 is 0 Å². The molecule has 0 aliphatic rings. The molecule has 1 amide bonds. The van der Waals surface area contributed by atoms with Crippen LogP contribution in [-0.2, 0) is 23.9 Å². The Labute approximate surface area is 154 Å². The van der Waals surface area contributed by atoms with Crippen LogP contribution in [0.3, 0.4) is 0 Å². The van der Waals surface area contributed by atoms with Crippen molar-refractivity contribution in [1.82, 2.24) is 9.88 Å². The lowest BCUT2D eigenvalue weighted by molar-refractivity contribution is -0.139. The molecule has 1 heterocycles. The number of aromatic nitrogens is 1. The lowest BCUT2D eigenvalue weighted by Gasteiger charge is -2.19. The van der Waals surface area contributed by atoms with Crippen molar-refractivity contribution in [3.63, 3.8) is 0 Å². The molecular weight excluding hydrogens is 357 g/mol. The topological polar surface area (TPSA) is 46.3 Å². The van der Waals surface area contributed by atoms with Gasteiger partial charge in [-0.15, -0.1) is 0 Å². The Morgan fingerprint density at radius 1 is 1.07 bits per heavy atom. The van der Waals surface area contributed by atoms with Crippen LogP contribution in [0.2, 0.25) is 0 Å². The van der Waals surface area contributed by atoms with Crippen LogP contribution in [0.15, 0.2) is 65.3 Å². The van der Waals surface area contributed by atoms with Crippen LogP contribution < -0.4 is 0 Å². The lowest BCUT2D eigenvalue weighted by atomic mass is 10.1. The van der Waals surface area contributed by atoms with E-state index in [1.807, 2.05) is 30.3 Å². The Kier molecular flexibility index (Phi) is 5.30. The minimum Gasteiger partial charge on any atom is -0.444 e. The van der Waals surface area contributed by atoms with E-state index in [2.05, 4.69) is 4.98 Å². The fourth-order valence-electron chi connectivity index (χ4n) is 2.67. The lowest BCUT2D eigenvalue weighted by Crippen LogP contribution is -2.29. The summed E-state index contributed by atoms with van der Waals surface area (Å²) in [7, 11) is 1.47. The quantitative estimate of drug-likeness (QED) is 0.658. The number of alkyl halides is 3. The predicted octanol–water partition coefficient (Wildman–Crippen LogP) is 4.56. The number of halogens is 3. The summed E-state index contributed by atoms with van der Waals surface area (Å²) < 4.78 is 44.6. The average Bonchev–Trinajstić information content (AvgIpc) is 3.10. The van der Waals surface area contributed by atoms with E-state index in [1.165, 1.54) is 36.4 Å². The molecule has 0 atom stereocenters. The van der Waals surface area contributed by atoms with Crippen molar-refractivity contribution in [2.75, 3.05) is 7.05 Å². The highest BCUT2D eigenvalue weighted by molar-refractivity contribution is 5.78. The van der Waals surface area contributed by atoms with Gasteiger partial charge >= 0.3 is 6.18 Å². The number of oxazole rings is 1. The largest absolute Gasteiger partial charge is 0.444 e. The van der Waals surface area contributed by atoms with Gasteiger partial charge in [-0.1, -0.05) is 36.4 Å². The number of nitrogens with zero attached hydrogens (tertiary/aromatic N) is 2. The van der Waals surface area contributed by atoms with E-state index in [4.69, 9.17) is 4.42 Å². The van der Waals surface area contributed by atoms with Crippen molar-refractivity contribution in [2.24, 2.45) is 0 Å². The second-order valence-corrected chi connectivity index (χ2v) is 6.09. The zero-order valence-electron chi connectivity index (χ0n) is 14.5. The molecular formula is C20H17F3N2O2. The van der Waals surface area contributed by atoms with Gasteiger partial charge in [0, 0.05) is 19.2 Å². The summed E-state index contributed by atoms with van der Waals surface area (Å²) in [5, 5.41) is 0. The molecule has 0 N–H and O–H groups in total. The molecule has 0 radical (unpaired) electrons. The molecule has 0 aliphatic carbocycles. The summed E-state index contributed by atoms with van der Waals surface area (Å²) in [5.74, 6) is 0.0448. The van der Waals surface area contributed by atoms with Crippen LogP contribution in [-0.4, -0.2) is 22.8 Å². The van der Waals surface area contributed by atoms with Gasteiger partial charge in [0.2, 0.25) is 11.8 Å². The third kappa shape index (κ3) is 4.55. The fraction of sp³-hybridized carbons (Fsp3) is 0.200. The highest BCUT2D eigenvalue weighted by Crippen LogP contribution is 2.32. The maximum Gasteiger partial charge on any atom is 0.416 e. The second kappa shape index (κ2) is 7.65. The third-order valence-corrected chi connectivity index (χ3v) is 4.06. The van der Waals surface area contributed by atoms with E-state index in [-0.39, 0.29) is 24.4 Å². The molecule has 3 aromatic rings. The van der Waals surface area contributed by atoms with E-state index >= 15 is 0 Å². The zero-order chi connectivity index (χ0) is 19.4. The Morgan fingerprint density at radius 2 is 1.74 bits per heavy atom. The predicted molar refractivity (Wildman–Crippen MR) is 93.6 cm³/mol. The van der Waals surface area contributed by atoms with Gasteiger partial charge in [0.05, 0.1) is 17.7 Å². The third-order valence-electron chi connectivity index (χ3n) is 4.06. The first kappa shape index (κ1) is 18.7. The van der Waals surface area contributed by atoms with Crippen molar-refractivity contribution < 1.29 is 22.4 Å². The average molecular weight is 374 g/mol. The van der Waals surface area contributed by atoms with Gasteiger partial charge in [0.25, 0.3) is 0 Å². The van der Waals surface area contributed by atoms with Crippen molar-refractivity contribution >= 4 is 5.91 Å². The second-order valence-electron chi connectivity index (χ2n) is 6.09. The maximum absolute atomic E-state index is 13.1. The molecule has 0 saturated heterocycles. The van der Waals surface area contributed by atoms with Crippen LogP contribution in [0.4, 0.5) is 13.2 Å². The van der Waals surface area contributed by atoms with Crippen molar-refractivity contribution in [3.8, 4) is 11.5 Å². The van der Waals surface area contributed by atoms with Crippen molar-refractivity contribution in [2.45, 2.75) is 19.1 Å². The SMILES string of the molecule is CN(Cc1ccccc1C(F)(F)F)C(=O)Cc1coc(-c2ccccc2)n1. The molecule has 140 valence electrons. The van der Waals surface area contributed by atoms with Gasteiger partial charge in [-0.3, -0.25) is 4.79 Å². The summed E-state index contributed by atoms with van der Waals surface area (Å²) in [5.41, 5.74) is 0.516. The molecule has 0 aliphatic heterocycles. The Bertz CT molecular complexity index is 920. The van der Waals surface area contributed by atoms with Crippen molar-refractivity contribution in [1.29, 1.82) is 0 Å². The van der Waals surface area contributed by atoms with Gasteiger partial charge in [-0.05, 0) is 23.8 Å². The Morgan fingerprint density at radius 3 is 2.44 bits per heavy atom. The fourth-order valence-corrected chi connectivity index (χ4v) is 2.67. The molecule has 0 saturated carbocycles. The minimum atomic E-state index is -4.46. The normalized spacial score (nSPS) is 11.4. The molecule has 2 aromatic carbocycles. The van der Waals surface area contributed by atoms with Gasteiger partial charge < -0.3 is 9.32 Å². The van der Waals surface area contributed by atoms with E-state index in [1.54, 1.807) is 0 Å². The smallest absolute Gasteiger partial charge is 0.416 e. The Balaban J connectivity index is 1.68. The van der Waals surface area contributed by atoms with Crippen LogP contribution in [0, 0.1) is 0 Å². The van der Waals surface area contributed by atoms with E-state index in [0.717, 1.165) is 11.6 Å². The van der Waals surface area contributed by atoms with Crippen LogP contribution in [0.5, 0.6) is 0 Å². The molecule has 0 fully saturated rings. The van der Waals surface area contributed by atoms with Crippen LogP contribution in [0.25, 0.3) is 11.5 Å². The summed E-state index contributed by atoms with van der Waals surface area (Å²) in [6.45, 7) is -0.141. The van der Waals surface area contributed by atoms with Gasteiger partial charge in [-0.2, -0.15) is 13.2 Å². The van der Waals surface area contributed by atoms with Gasteiger partial charge in [0.1, 0.15) is 6.26 Å². The number of carbonyl (C=O) groups is 1. The summed E-state index contributed by atoms with van der Waals surface area (Å²) >= 11 is 0. The van der Waals surface area contributed by atoms with E-state index < -0.39 is 11.7 Å². The molecule has 1 aromatic heterocycles. The van der Waals surface area contributed by atoms with E-state index in [0.29, 0.717) is 11.6 Å². The monoisotopic (exact) mass is 374 g/mol. The molecule has 0 unspecified atom stereocenters. The van der Waals surface area contributed by atoms with E-state index in [9.17, 15) is 18.0 Å². The number of likely N-dealkylation sites (N-methyl/N-ethyl adjacent to an activating group) is 1. The number of rotatable bonds is 5. The summed E-state index contributed by atoms with van der Waals surface area (Å²) in [6, 6.07) is 14.4. The molecule has 27 heavy (non-hydrogen) atoms. The molecule has 7 heteroatoms. The first-order chi connectivity index (χ1) is 12.8. The van der Waals surface area contributed by atoms with Crippen molar-refractivity contribution in [3.05, 3.63) is 77.7 Å². The van der Waals surface area contributed by atoms with Gasteiger partial charge in [-0.25, -0.2) is 4.98 Å². The number of carbonyl (C=O) groups excluding carboxylic acids is 1. The standard InChI is InChI=1S/C20H17F3N2O2/c1-25(12-15-9-5-6-10-17(15)20(21,22)23)18(26)11-16-13-27-19(24-16)14-7-3-2-4-8-14/h2-10,13H,11-12H2,1H3. The zero-order valence-corrected chi connectivity index (χ0v) is 14.5. The molecule has 0 spiro atoms. The first-order valence-electron chi connectivity index (χ1n) is 8.23. The highest BCUT2D eigenvalue weighted by Gasteiger charge is 2.33. The number of hydrogen-bond acceptors (Lipinski definition) is 3. The molecule has 4 nitrogen and oxygen atoms in total. The number of amides is 1. The molecule has 0 bridgehead atoms. The number of hydrogen-bond donors (Lipinski definition) is 0. The summed E-state index contributed by atoms with van der Waals surface area (Å²) in [6.07, 6.45) is -3.13. The van der Waals surface area contributed by atoms with Gasteiger partial charge in [0.15, 0.2) is 0 Å². The first-order valence-corrected chi connectivity index (χ1v) is 8.23.